The van der Waals surface area contributed by atoms with Crippen LogP contribution in [0.1, 0.15) is 102 Å². The van der Waals surface area contributed by atoms with E-state index < -0.39 is 36.4 Å². The van der Waals surface area contributed by atoms with Crippen molar-refractivity contribution in [3.05, 3.63) is 30.0 Å². The second-order valence-corrected chi connectivity index (χ2v) is 14.4. The number of fused-ring (bicyclic) bond motifs is 1. The van der Waals surface area contributed by atoms with Gasteiger partial charge in [-0.2, -0.15) is 0 Å². The van der Waals surface area contributed by atoms with Crippen molar-refractivity contribution in [2.75, 3.05) is 25.1 Å². The van der Waals surface area contributed by atoms with Gasteiger partial charge in [0, 0.05) is 23.5 Å². The van der Waals surface area contributed by atoms with Gasteiger partial charge in [-0.25, -0.2) is 14.0 Å². The minimum absolute atomic E-state index is 0.0109. The van der Waals surface area contributed by atoms with Gasteiger partial charge in [0.2, 0.25) is 17.6 Å². The first-order chi connectivity index (χ1) is 22.5. The molecular formula is C36H50FN3O7. The van der Waals surface area contributed by atoms with Crippen LogP contribution in [0.4, 0.5) is 14.9 Å². The van der Waals surface area contributed by atoms with Crippen LogP contribution in [-0.2, 0) is 19.1 Å². The van der Waals surface area contributed by atoms with E-state index in [1.807, 2.05) is 0 Å². The predicted molar refractivity (Wildman–Crippen MR) is 176 cm³/mol. The molecule has 10 nitrogen and oxygen atoms in total. The quantitative estimate of drug-likeness (QED) is 0.278. The molecule has 1 aliphatic heterocycles. The number of carbonyl (C=O) groups excluding carboxylic acids is 4. The number of halogens is 1. The summed E-state index contributed by atoms with van der Waals surface area (Å²) in [6, 6.07) is 5.58. The predicted octanol–water partition coefficient (Wildman–Crippen LogP) is 7.01. The Labute approximate surface area is 276 Å². The van der Waals surface area contributed by atoms with Crippen LogP contribution in [0.5, 0.6) is 0 Å². The Morgan fingerprint density at radius 3 is 2.38 bits per heavy atom. The Kier molecular flexibility index (Phi) is 11.1. The molecule has 0 spiro atoms. The lowest BCUT2D eigenvalue weighted by Gasteiger charge is -2.37. The number of benzene rings is 1. The van der Waals surface area contributed by atoms with E-state index in [-0.39, 0.29) is 41.9 Å². The molecule has 0 bridgehead atoms. The summed E-state index contributed by atoms with van der Waals surface area (Å²) in [5.41, 5.74) is 0.397. The third-order valence-electron chi connectivity index (χ3n) is 10.1. The molecule has 5 rings (SSSR count). The summed E-state index contributed by atoms with van der Waals surface area (Å²) in [5, 5.41) is 6.43. The van der Waals surface area contributed by atoms with Gasteiger partial charge in [-0.05, 0) is 102 Å². The van der Waals surface area contributed by atoms with E-state index in [4.69, 9.17) is 13.9 Å². The van der Waals surface area contributed by atoms with Crippen LogP contribution in [0, 0.1) is 23.7 Å². The number of rotatable bonds is 9. The standard InChI is InChI=1S/C36H50FN3O7/c1-5-45-34(43)30-20-25-19-26(15-16-29(25)46-30)38-32(41)31-27(22-9-7-6-8-10-22)17-18-40(31)33(42)24-13-11-23(12-14-24)28(21-37)39-35(44)47-36(2,3)4/h15-16,19-20,22-24,27-28,31H,5-14,17-18,21H2,1-4H3,(H,38,41)(H,39,44)/t23-,24-,27-,28-,31-/m0/s1. The van der Waals surface area contributed by atoms with Gasteiger partial charge in [-0.3, -0.25) is 9.59 Å². The monoisotopic (exact) mass is 655 g/mol. The zero-order valence-electron chi connectivity index (χ0n) is 28.1. The molecule has 3 fully saturated rings. The molecule has 2 N–H and O–H groups in total. The number of alkyl halides is 1. The second kappa shape index (κ2) is 15.1. The van der Waals surface area contributed by atoms with Crippen molar-refractivity contribution in [2.24, 2.45) is 23.7 Å². The molecule has 0 radical (unpaired) electrons. The third kappa shape index (κ3) is 8.46. The molecule has 3 atom stereocenters. The maximum absolute atomic E-state index is 14.1. The molecule has 1 aromatic heterocycles. The Morgan fingerprint density at radius 2 is 1.72 bits per heavy atom. The zero-order chi connectivity index (χ0) is 33.7. The van der Waals surface area contributed by atoms with Crippen LogP contribution in [0.2, 0.25) is 0 Å². The fourth-order valence-electron chi connectivity index (χ4n) is 7.84. The average Bonchev–Trinajstić information content (AvgIpc) is 3.68. The molecule has 1 saturated heterocycles. The first-order valence-corrected chi connectivity index (χ1v) is 17.3. The second-order valence-electron chi connectivity index (χ2n) is 14.4. The Balaban J connectivity index is 1.27. The van der Waals surface area contributed by atoms with Gasteiger partial charge in [0.05, 0.1) is 12.6 Å². The zero-order valence-corrected chi connectivity index (χ0v) is 28.1. The Hall–Kier alpha value is -3.63. The number of anilines is 1. The van der Waals surface area contributed by atoms with Gasteiger partial charge in [-0.15, -0.1) is 0 Å². The molecule has 2 aromatic rings. The van der Waals surface area contributed by atoms with Crippen molar-refractivity contribution in [3.63, 3.8) is 0 Å². The summed E-state index contributed by atoms with van der Waals surface area (Å²) in [6.07, 6.45) is 8.13. The van der Waals surface area contributed by atoms with Gasteiger partial charge < -0.3 is 29.4 Å². The minimum atomic E-state index is -0.700. The average molecular weight is 656 g/mol. The van der Waals surface area contributed by atoms with Crippen LogP contribution in [0.15, 0.2) is 28.7 Å². The maximum Gasteiger partial charge on any atom is 0.407 e. The summed E-state index contributed by atoms with van der Waals surface area (Å²) < 4.78 is 30.0. The van der Waals surface area contributed by atoms with Crippen LogP contribution in [0.3, 0.4) is 0 Å². The number of hydrogen-bond acceptors (Lipinski definition) is 7. The highest BCUT2D eigenvalue weighted by Gasteiger charge is 2.47. The number of ether oxygens (including phenoxy) is 2. The number of furan rings is 1. The molecule has 2 aliphatic carbocycles. The first-order valence-electron chi connectivity index (χ1n) is 17.3. The number of carbonyl (C=O) groups is 4. The Bertz CT molecular complexity index is 1420. The van der Waals surface area contributed by atoms with Gasteiger partial charge in [0.1, 0.15) is 23.9 Å². The highest BCUT2D eigenvalue weighted by atomic mass is 19.1. The molecular weight excluding hydrogens is 605 g/mol. The van der Waals surface area contributed by atoms with E-state index in [1.165, 1.54) is 6.42 Å². The molecule has 11 heteroatoms. The number of hydrogen-bond donors (Lipinski definition) is 2. The molecule has 3 aliphatic rings. The maximum atomic E-state index is 14.1. The summed E-state index contributed by atoms with van der Waals surface area (Å²) in [6.45, 7) is 7.09. The van der Waals surface area contributed by atoms with Crippen LogP contribution < -0.4 is 10.6 Å². The number of nitrogens with one attached hydrogen (secondary N) is 2. The van der Waals surface area contributed by atoms with Crippen molar-refractivity contribution in [3.8, 4) is 0 Å². The van der Waals surface area contributed by atoms with Crippen LogP contribution in [0.25, 0.3) is 11.0 Å². The van der Waals surface area contributed by atoms with E-state index in [1.54, 1.807) is 56.9 Å². The summed E-state index contributed by atoms with van der Waals surface area (Å²) >= 11 is 0. The van der Waals surface area contributed by atoms with Gasteiger partial charge in [0.25, 0.3) is 0 Å². The lowest BCUT2D eigenvalue weighted by Crippen LogP contribution is -2.50. The number of esters is 1. The SMILES string of the molecule is CCOC(=O)c1cc2cc(NC(=O)[C@@H]3[C@H](C4CCCCC4)CCN3C(=O)[C@H]3CC[C@H]([C@H](CF)NC(=O)OC(C)(C)C)CC3)ccc2o1. The van der Waals surface area contributed by atoms with E-state index in [0.29, 0.717) is 54.8 Å². The molecule has 2 saturated carbocycles. The van der Waals surface area contributed by atoms with Crippen molar-refractivity contribution in [1.29, 1.82) is 0 Å². The van der Waals surface area contributed by atoms with E-state index >= 15 is 0 Å². The number of amides is 3. The van der Waals surface area contributed by atoms with Gasteiger partial charge in [0.15, 0.2) is 0 Å². The van der Waals surface area contributed by atoms with Crippen molar-refractivity contribution < 1.29 is 37.5 Å². The largest absolute Gasteiger partial charge is 0.460 e. The van der Waals surface area contributed by atoms with E-state index in [9.17, 15) is 23.6 Å². The normalized spacial score (nSPS) is 24.5. The molecule has 2 heterocycles. The first kappa shape index (κ1) is 34.7. The smallest absolute Gasteiger partial charge is 0.407 e. The van der Waals surface area contributed by atoms with Crippen molar-refractivity contribution >= 4 is 40.5 Å². The fraction of sp³-hybridized carbons (Fsp3) is 0.667. The summed E-state index contributed by atoms with van der Waals surface area (Å²) in [7, 11) is 0. The third-order valence-corrected chi connectivity index (χ3v) is 10.1. The minimum Gasteiger partial charge on any atom is -0.460 e. The molecule has 0 unspecified atom stereocenters. The number of nitrogens with zero attached hydrogens (tertiary/aromatic N) is 1. The van der Waals surface area contributed by atoms with Gasteiger partial charge >= 0.3 is 12.1 Å². The molecule has 1 aromatic carbocycles. The highest BCUT2D eigenvalue weighted by molar-refractivity contribution is 6.00. The summed E-state index contributed by atoms with van der Waals surface area (Å²) in [5.74, 6) is -0.528. The van der Waals surface area contributed by atoms with E-state index in [0.717, 1.165) is 32.1 Å². The number of alkyl carbamates (subject to hydrolysis) is 1. The van der Waals surface area contributed by atoms with Crippen molar-refractivity contribution in [2.45, 2.75) is 110 Å². The molecule has 3 amide bonds. The lowest BCUT2D eigenvalue weighted by molar-refractivity contribution is -0.142. The topological polar surface area (TPSA) is 127 Å². The Morgan fingerprint density at radius 1 is 1.00 bits per heavy atom. The lowest BCUT2D eigenvalue weighted by atomic mass is 9.76. The van der Waals surface area contributed by atoms with Crippen molar-refractivity contribution in [1.82, 2.24) is 10.2 Å². The molecule has 258 valence electrons. The van der Waals surface area contributed by atoms with E-state index in [2.05, 4.69) is 10.6 Å². The van der Waals surface area contributed by atoms with Gasteiger partial charge in [-0.1, -0.05) is 32.1 Å². The fourth-order valence-corrected chi connectivity index (χ4v) is 7.84. The van der Waals surface area contributed by atoms with Crippen LogP contribution in [-0.4, -0.2) is 66.3 Å². The number of likely N-dealkylation sites (tertiary alicyclic amines) is 1. The highest BCUT2D eigenvalue weighted by Crippen LogP contribution is 2.41. The summed E-state index contributed by atoms with van der Waals surface area (Å²) in [4.78, 5) is 54.5. The van der Waals surface area contributed by atoms with Crippen LogP contribution >= 0.6 is 0 Å². The molecule has 47 heavy (non-hydrogen) atoms.